The van der Waals surface area contributed by atoms with E-state index in [2.05, 4.69) is 5.32 Å². The van der Waals surface area contributed by atoms with Crippen LogP contribution in [0, 0.1) is 10.1 Å². The summed E-state index contributed by atoms with van der Waals surface area (Å²) in [5.74, 6) is 0.617. The molecule has 11 nitrogen and oxygen atoms in total. The van der Waals surface area contributed by atoms with Crippen molar-refractivity contribution in [1.82, 2.24) is 10.2 Å². The fourth-order valence-corrected chi connectivity index (χ4v) is 4.58. The summed E-state index contributed by atoms with van der Waals surface area (Å²) in [5.41, 5.74) is 0.248. The number of likely N-dealkylation sites (tertiary alicyclic amines) is 1. The third-order valence-corrected chi connectivity index (χ3v) is 6.38. The first-order valence-electron chi connectivity index (χ1n) is 10.6. The Kier molecular flexibility index (Phi) is 5.15. The molecule has 33 heavy (non-hydrogen) atoms. The van der Waals surface area contributed by atoms with Gasteiger partial charge < -0.3 is 29.3 Å². The van der Waals surface area contributed by atoms with Crippen LogP contribution in [0.2, 0.25) is 0 Å². The number of carbonyl (C=O) groups is 2. The number of nitro groups is 1. The fourth-order valence-electron chi connectivity index (χ4n) is 4.58. The first kappa shape index (κ1) is 20.9. The zero-order chi connectivity index (χ0) is 23.0. The van der Waals surface area contributed by atoms with Gasteiger partial charge in [0.25, 0.3) is 5.69 Å². The number of benzene rings is 2. The van der Waals surface area contributed by atoms with Gasteiger partial charge in [0.05, 0.1) is 23.2 Å². The van der Waals surface area contributed by atoms with Gasteiger partial charge in [-0.05, 0) is 31.0 Å². The molecule has 3 heterocycles. The van der Waals surface area contributed by atoms with Crippen LogP contribution < -0.4 is 19.7 Å². The number of amides is 2. The Bertz CT molecular complexity index is 1100. The Morgan fingerprint density at radius 3 is 2.55 bits per heavy atom. The van der Waals surface area contributed by atoms with Gasteiger partial charge in [0.15, 0.2) is 11.5 Å². The normalized spacial score (nSPS) is 18.4. The molecule has 2 aromatic carbocycles. The van der Waals surface area contributed by atoms with E-state index in [0.717, 1.165) is 5.69 Å². The second-order valence-electron chi connectivity index (χ2n) is 8.09. The number of rotatable bonds is 4. The van der Waals surface area contributed by atoms with E-state index in [9.17, 15) is 19.7 Å². The SMILES string of the molecule is O=C(OCc1cc2c(cc1[N+](=O)[O-])OCO2)N1CCC2(CC1)C(=O)NCN2c1ccccc1. The number of hydrogen-bond donors (Lipinski definition) is 1. The molecule has 2 saturated heterocycles. The molecule has 5 rings (SSSR count). The van der Waals surface area contributed by atoms with E-state index in [1.807, 2.05) is 35.2 Å². The van der Waals surface area contributed by atoms with Crippen molar-refractivity contribution in [2.75, 3.05) is 31.5 Å². The van der Waals surface area contributed by atoms with Crippen molar-refractivity contribution < 1.29 is 28.7 Å². The van der Waals surface area contributed by atoms with Gasteiger partial charge in [0, 0.05) is 18.8 Å². The number of nitro benzene ring substituents is 1. The predicted octanol–water partition coefficient (Wildman–Crippen LogP) is 2.39. The molecule has 0 atom stereocenters. The minimum absolute atomic E-state index is 0.0150. The highest BCUT2D eigenvalue weighted by Crippen LogP contribution is 2.39. The Balaban J connectivity index is 1.24. The third kappa shape index (κ3) is 3.65. The molecule has 2 aromatic rings. The summed E-state index contributed by atoms with van der Waals surface area (Å²) in [5, 5.41) is 14.3. The Hall–Kier alpha value is -4.02. The van der Waals surface area contributed by atoms with Crippen LogP contribution in [0.15, 0.2) is 42.5 Å². The number of ether oxygens (including phenoxy) is 3. The molecule has 0 aromatic heterocycles. The summed E-state index contributed by atoms with van der Waals surface area (Å²) in [4.78, 5) is 39.9. The molecule has 3 aliphatic heterocycles. The van der Waals surface area contributed by atoms with Gasteiger partial charge in [-0.2, -0.15) is 0 Å². The molecule has 0 radical (unpaired) electrons. The number of anilines is 1. The maximum atomic E-state index is 12.7. The minimum atomic E-state index is -0.714. The highest BCUT2D eigenvalue weighted by Gasteiger charge is 2.51. The summed E-state index contributed by atoms with van der Waals surface area (Å²) >= 11 is 0. The highest BCUT2D eigenvalue weighted by molar-refractivity contribution is 5.93. The molecule has 3 aliphatic rings. The largest absolute Gasteiger partial charge is 0.454 e. The third-order valence-electron chi connectivity index (χ3n) is 6.38. The first-order valence-corrected chi connectivity index (χ1v) is 10.6. The monoisotopic (exact) mass is 454 g/mol. The lowest BCUT2D eigenvalue weighted by Gasteiger charge is -2.42. The van der Waals surface area contributed by atoms with E-state index in [-0.39, 0.29) is 36.3 Å². The summed E-state index contributed by atoms with van der Waals surface area (Å²) < 4.78 is 15.8. The smallest absolute Gasteiger partial charge is 0.410 e. The molecule has 2 amide bonds. The van der Waals surface area contributed by atoms with Crippen LogP contribution >= 0.6 is 0 Å². The quantitative estimate of drug-likeness (QED) is 0.552. The lowest BCUT2D eigenvalue weighted by atomic mass is 9.86. The molecule has 1 spiro atoms. The molecule has 172 valence electrons. The van der Waals surface area contributed by atoms with Crippen LogP contribution in [0.1, 0.15) is 18.4 Å². The van der Waals surface area contributed by atoms with Crippen molar-refractivity contribution in [2.45, 2.75) is 25.0 Å². The van der Waals surface area contributed by atoms with E-state index in [1.165, 1.54) is 17.0 Å². The fraction of sp³-hybridized carbons (Fsp3) is 0.364. The number of piperidine rings is 1. The summed E-state index contributed by atoms with van der Waals surface area (Å²) in [6, 6.07) is 12.4. The molecule has 11 heteroatoms. The van der Waals surface area contributed by atoms with Crippen molar-refractivity contribution >= 4 is 23.4 Å². The van der Waals surface area contributed by atoms with Crippen LogP contribution in [0.5, 0.6) is 11.5 Å². The lowest BCUT2D eigenvalue weighted by Crippen LogP contribution is -2.57. The van der Waals surface area contributed by atoms with Gasteiger partial charge in [-0.3, -0.25) is 14.9 Å². The van der Waals surface area contributed by atoms with E-state index in [1.54, 1.807) is 0 Å². The van der Waals surface area contributed by atoms with E-state index >= 15 is 0 Å². The van der Waals surface area contributed by atoms with Crippen LogP contribution in [0.25, 0.3) is 0 Å². The maximum absolute atomic E-state index is 12.7. The highest BCUT2D eigenvalue weighted by atomic mass is 16.7. The average molecular weight is 454 g/mol. The van der Waals surface area contributed by atoms with Crippen molar-refractivity contribution in [3.05, 3.63) is 58.1 Å². The Labute approximate surface area is 189 Å². The molecule has 0 saturated carbocycles. The zero-order valence-corrected chi connectivity index (χ0v) is 17.7. The molecule has 0 unspecified atom stereocenters. The van der Waals surface area contributed by atoms with Crippen molar-refractivity contribution in [2.24, 2.45) is 0 Å². The Morgan fingerprint density at radius 2 is 1.85 bits per heavy atom. The van der Waals surface area contributed by atoms with Gasteiger partial charge in [0.1, 0.15) is 12.1 Å². The number of para-hydroxylation sites is 1. The summed E-state index contributed by atoms with van der Waals surface area (Å²) in [6.07, 6.45) is 0.321. The number of carbonyl (C=O) groups excluding carboxylic acids is 2. The molecule has 2 fully saturated rings. The molecule has 0 bridgehead atoms. The second kappa shape index (κ2) is 8.15. The summed E-state index contributed by atoms with van der Waals surface area (Å²) in [6.45, 7) is 0.793. The molecular weight excluding hydrogens is 432 g/mol. The van der Waals surface area contributed by atoms with Gasteiger partial charge in [-0.15, -0.1) is 0 Å². The topological polar surface area (TPSA) is 123 Å². The van der Waals surface area contributed by atoms with Gasteiger partial charge in [-0.1, -0.05) is 18.2 Å². The summed E-state index contributed by atoms with van der Waals surface area (Å²) in [7, 11) is 0. The number of hydrogen-bond acceptors (Lipinski definition) is 8. The predicted molar refractivity (Wildman–Crippen MR) is 115 cm³/mol. The first-order chi connectivity index (χ1) is 16.0. The lowest BCUT2D eigenvalue weighted by molar-refractivity contribution is -0.385. The standard InChI is InChI=1S/C22H22N4O7/c27-20-22(25(13-23-20)16-4-2-1-3-5-16)6-8-24(9-7-22)21(28)31-12-15-10-18-19(33-14-32-18)11-17(15)26(29)30/h1-5,10-11H,6-9,12-14H2,(H,23,27). The second-order valence-corrected chi connectivity index (χ2v) is 8.09. The number of nitrogens with zero attached hydrogens (tertiary/aromatic N) is 3. The molecular formula is C22H22N4O7. The van der Waals surface area contributed by atoms with Crippen molar-refractivity contribution in [3.8, 4) is 11.5 Å². The van der Waals surface area contributed by atoms with Crippen molar-refractivity contribution in [1.29, 1.82) is 0 Å². The van der Waals surface area contributed by atoms with E-state index in [4.69, 9.17) is 14.2 Å². The average Bonchev–Trinajstić information content (AvgIpc) is 3.42. The molecule has 0 aliphatic carbocycles. The Morgan fingerprint density at radius 1 is 1.15 bits per heavy atom. The van der Waals surface area contributed by atoms with Crippen molar-refractivity contribution in [3.63, 3.8) is 0 Å². The van der Waals surface area contributed by atoms with E-state index in [0.29, 0.717) is 38.3 Å². The van der Waals surface area contributed by atoms with Gasteiger partial charge >= 0.3 is 6.09 Å². The van der Waals surface area contributed by atoms with Crippen LogP contribution in [0.3, 0.4) is 0 Å². The zero-order valence-electron chi connectivity index (χ0n) is 17.7. The number of nitrogens with one attached hydrogen (secondary N) is 1. The van der Waals surface area contributed by atoms with Crippen LogP contribution in [0.4, 0.5) is 16.2 Å². The maximum Gasteiger partial charge on any atom is 0.410 e. The minimum Gasteiger partial charge on any atom is -0.454 e. The van der Waals surface area contributed by atoms with E-state index < -0.39 is 16.6 Å². The molecule has 1 N–H and O–H groups in total. The number of fused-ring (bicyclic) bond motifs is 1. The van der Waals surface area contributed by atoms with Gasteiger partial charge in [0.2, 0.25) is 12.7 Å². The van der Waals surface area contributed by atoms with Crippen LogP contribution in [-0.2, 0) is 16.1 Å². The van der Waals surface area contributed by atoms with Crippen LogP contribution in [-0.4, -0.2) is 53.9 Å². The van der Waals surface area contributed by atoms with Gasteiger partial charge in [-0.25, -0.2) is 4.79 Å².